The highest BCUT2D eigenvalue weighted by Crippen LogP contribution is 2.71. The van der Waals surface area contributed by atoms with Gasteiger partial charge in [-0.05, 0) is 42.9 Å². The van der Waals surface area contributed by atoms with E-state index in [1.54, 1.807) is 0 Å². The van der Waals surface area contributed by atoms with Gasteiger partial charge in [-0.15, -0.1) is 0 Å². The van der Waals surface area contributed by atoms with E-state index in [-0.39, 0.29) is 22.7 Å². The molecule has 4 nitrogen and oxygen atoms in total. The second kappa shape index (κ2) is 4.56. The van der Waals surface area contributed by atoms with Crippen molar-refractivity contribution in [1.82, 2.24) is 0 Å². The van der Waals surface area contributed by atoms with E-state index < -0.39 is 22.2 Å². The summed E-state index contributed by atoms with van der Waals surface area (Å²) >= 11 is 0. The van der Waals surface area contributed by atoms with E-state index in [1.165, 1.54) is 0 Å². The molecule has 4 aliphatic rings. The third-order valence-electron chi connectivity index (χ3n) is 7.24. The van der Waals surface area contributed by atoms with Crippen LogP contribution in [0.4, 0.5) is 0 Å². The van der Waals surface area contributed by atoms with Crippen LogP contribution in [-0.4, -0.2) is 33.0 Å². The first kappa shape index (κ1) is 18.2. The normalized spacial score (nSPS) is 43.3. The molecule has 5 atom stereocenters. The Hall–Kier alpha value is -0.610. The molecule has 0 spiro atoms. The lowest BCUT2D eigenvalue weighted by Crippen LogP contribution is -2.53. The Kier molecular flexibility index (Phi) is 3.46. The fraction of sp³-hybridized carbons (Fsp3) is 0.950. The van der Waals surface area contributed by atoms with Gasteiger partial charge in [0.15, 0.2) is 0 Å². The quantitative estimate of drug-likeness (QED) is 0.774. The largest absolute Gasteiger partial charge is 0.455 e. The van der Waals surface area contributed by atoms with Gasteiger partial charge in [0.2, 0.25) is 0 Å². The first-order chi connectivity index (χ1) is 10.6. The van der Waals surface area contributed by atoms with E-state index >= 15 is 0 Å². The number of esters is 1. The number of carbonyl (C=O) groups excluding carboxylic acids is 1. The second-order valence-electron chi connectivity index (χ2n) is 11.3. The molecule has 0 heterocycles. The molecule has 0 radical (unpaired) electrons. The summed E-state index contributed by atoms with van der Waals surface area (Å²) in [6.07, 6.45) is 2.61. The maximum atomic E-state index is 13.3. The molecule has 0 aliphatic heterocycles. The molecule has 4 fully saturated rings. The van der Waals surface area contributed by atoms with Crippen LogP contribution in [0.25, 0.3) is 0 Å². The Morgan fingerprint density at radius 2 is 1.62 bits per heavy atom. The van der Waals surface area contributed by atoms with Crippen molar-refractivity contribution in [3.8, 4) is 0 Å². The minimum atomic E-state index is -1.04. The highest BCUT2D eigenvalue weighted by atomic mass is 16.6. The smallest absolute Gasteiger partial charge is 0.313 e. The van der Waals surface area contributed by atoms with Crippen molar-refractivity contribution in [1.29, 1.82) is 0 Å². The molecule has 0 saturated heterocycles. The van der Waals surface area contributed by atoms with Gasteiger partial charge in [-0.2, -0.15) is 0 Å². The van der Waals surface area contributed by atoms with Gasteiger partial charge in [0, 0.05) is 12.8 Å². The highest BCUT2D eigenvalue weighted by Gasteiger charge is 2.80. The molecule has 4 aliphatic carbocycles. The summed E-state index contributed by atoms with van der Waals surface area (Å²) in [6, 6.07) is 0. The van der Waals surface area contributed by atoms with Crippen LogP contribution in [0.1, 0.15) is 80.6 Å². The van der Waals surface area contributed by atoms with Crippen molar-refractivity contribution in [3.05, 3.63) is 0 Å². The fourth-order valence-electron chi connectivity index (χ4n) is 5.62. The second-order valence-corrected chi connectivity index (χ2v) is 11.3. The lowest BCUT2D eigenvalue weighted by atomic mass is 9.61. The zero-order valence-corrected chi connectivity index (χ0v) is 16.3. The topological polar surface area (TPSA) is 66.8 Å². The third kappa shape index (κ3) is 2.28. The van der Waals surface area contributed by atoms with Gasteiger partial charge in [0.25, 0.3) is 0 Å². The van der Waals surface area contributed by atoms with Crippen LogP contribution in [0.3, 0.4) is 0 Å². The molecule has 0 aromatic carbocycles. The molecule has 0 aromatic rings. The maximum Gasteiger partial charge on any atom is 0.313 e. The molecule has 0 aromatic heterocycles. The lowest BCUT2D eigenvalue weighted by molar-refractivity contribution is -0.199. The molecular formula is C20H34O4. The number of aliphatic hydroxyl groups is 2. The number of rotatable bonds is 3. The summed E-state index contributed by atoms with van der Waals surface area (Å²) in [7, 11) is 0. The molecule has 4 heteroatoms. The molecule has 0 amide bonds. The monoisotopic (exact) mass is 338 g/mol. The number of hydrogen-bond donors (Lipinski definition) is 2. The zero-order valence-electron chi connectivity index (χ0n) is 16.3. The lowest BCUT2D eigenvalue weighted by Gasteiger charge is -2.46. The van der Waals surface area contributed by atoms with Crippen molar-refractivity contribution >= 4 is 5.97 Å². The van der Waals surface area contributed by atoms with E-state index in [4.69, 9.17) is 4.74 Å². The van der Waals surface area contributed by atoms with Crippen molar-refractivity contribution in [2.75, 3.05) is 0 Å². The average Bonchev–Trinajstić information content (AvgIpc) is 2.87. The van der Waals surface area contributed by atoms with Crippen molar-refractivity contribution in [2.45, 2.75) is 97.4 Å². The number of carbonyl (C=O) groups is 1. The van der Waals surface area contributed by atoms with Crippen molar-refractivity contribution in [2.24, 2.45) is 22.2 Å². The van der Waals surface area contributed by atoms with Gasteiger partial charge in [0.05, 0.1) is 11.0 Å². The SMILES string of the molecule is CC(C)(C)CC(C)(C(=O)OC12CC3CC1(O)CC3(O)C2)C(C)(C)C. The van der Waals surface area contributed by atoms with E-state index in [9.17, 15) is 15.0 Å². The Balaban J connectivity index is 1.88. The van der Waals surface area contributed by atoms with Gasteiger partial charge in [0.1, 0.15) is 11.2 Å². The van der Waals surface area contributed by atoms with Crippen LogP contribution < -0.4 is 0 Å². The molecule has 4 rings (SSSR count). The molecule has 24 heavy (non-hydrogen) atoms. The molecular weight excluding hydrogens is 304 g/mol. The summed E-state index contributed by atoms with van der Waals surface area (Å²) in [5, 5.41) is 21.7. The van der Waals surface area contributed by atoms with Gasteiger partial charge in [-0.1, -0.05) is 41.5 Å². The fourth-order valence-corrected chi connectivity index (χ4v) is 5.62. The molecule has 4 saturated carbocycles. The van der Waals surface area contributed by atoms with Gasteiger partial charge in [-0.3, -0.25) is 4.79 Å². The Morgan fingerprint density at radius 3 is 1.92 bits per heavy atom. The first-order valence-electron chi connectivity index (χ1n) is 9.24. The van der Waals surface area contributed by atoms with Gasteiger partial charge >= 0.3 is 5.97 Å². The Bertz CT molecular complexity index is 571. The van der Waals surface area contributed by atoms with Crippen LogP contribution in [0.2, 0.25) is 0 Å². The molecule has 4 bridgehead atoms. The van der Waals surface area contributed by atoms with Crippen molar-refractivity contribution < 1.29 is 19.7 Å². The molecule has 2 N–H and O–H groups in total. The van der Waals surface area contributed by atoms with Crippen LogP contribution in [0, 0.1) is 22.2 Å². The summed E-state index contributed by atoms with van der Waals surface area (Å²) in [5.74, 6) is -0.158. The van der Waals surface area contributed by atoms with Crippen molar-refractivity contribution in [3.63, 3.8) is 0 Å². The summed E-state index contributed by atoms with van der Waals surface area (Å²) < 4.78 is 6.10. The van der Waals surface area contributed by atoms with E-state index in [0.29, 0.717) is 32.1 Å². The predicted octanol–water partition coefficient (Wildman–Crippen LogP) is 3.44. The standard InChI is InChI=1S/C20H34O4/c1-15(2,3)10-17(7,16(4,5)6)14(21)24-20-9-13-8-19(20,23)11-18(13,22)12-20/h13,22-23H,8-12H2,1-7H3. The summed E-state index contributed by atoms with van der Waals surface area (Å²) in [5.41, 5.74) is -3.67. The first-order valence-corrected chi connectivity index (χ1v) is 9.24. The van der Waals surface area contributed by atoms with Crippen LogP contribution in [0.5, 0.6) is 0 Å². The summed E-state index contributed by atoms with van der Waals surface area (Å²) in [6.45, 7) is 14.6. The third-order valence-corrected chi connectivity index (χ3v) is 7.24. The Labute approximate surface area is 146 Å². The van der Waals surface area contributed by atoms with Gasteiger partial charge < -0.3 is 14.9 Å². The number of hydrogen-bond acceptors (Lipinski definition) is 4. The predicted molar refractivity (Wildman–Crippen MR) is 92.3 cm³/mol. The number of ether oxygens (including phenoxy) is 1. The summed E-state index contributed by atoms with van der Waals surface area (Å²) in [4.78, 5) is 13.3. The molecule has 5 unspecified atom stereocenters. The van der Waals surface area contributed by atoms with E-state index in [2.05, 4.69) is 41.5 Å². The minimum absolute atomic E-state index is 0.0101. The Morgan fingerprint density at radius 1 is 1.04 bits per heavy atom. The van der Waals surface area contributed by atoms with E-state index in [1.807, 2.05) is 6.92 Å². The molecule has 138 valence electrons. The maximum absolute atomic E-state index is 13.3. The van der Waals surface area contributed by atoms with Crippen LogP contribution in [-0.2, 0) is 9.53 Å². The zero-order chi connectivity index (χ0) is 18.4. The van der Waals surface area contributed by atoms with Gasteiger partial charge in [-0.25, -0.2) is 0 Å². The van der Waals surface area contributed by atoms with Crippen LogP contribution in [0.15, 0.2) is 0 Å². The average molecular weight is 338 g/mol. The minimum Gasteiger partial charge on any atom is -0.455 e. The van der Waals surface area contributed by atoms with E-state index in [0.717, 1.165) is 0 Å². The highest BCUT2D eigenvalue weighted by molar-refractivity contribution is 5.78. The van der Waals surface area contributed by atoms with Crippen LogP contribution >= 0.6 is 0 Å².